The van der Waals surface area contributed by atoms with Crippen LogP contribution in [0.25, 0.3) is 0 Å². The highest BCUT2D eigenvalue weighted by Gasteiger charge is 2.35. The fraction of sp³-hybridized carbons (Fsp3) is 0.235. The molecule has 0 aliphatic rings. The van der Waals surface area contributed by atoms with Crippen molar-refractivity contribution in [1.29, 1.82) is 0 Å². The molecule has 0 bridgehead atoms. The first kappa shape index (κ1) is 21.8. The summed E-state index contributed by atoms with van der Waals surface area (Å²) < 4.78 is 66.4. The van der Waals surface area contributed by atoms with E-state index >= 15 is 0 Å². The van der Waals surface area contributed by atoms with Gasteiger partial charge in [0.1, 0.15) is 6.04 Å². The minimum Gasteiger partial charge on any atom is -0.324 e. The number of thiazole rings is 1. The summed E-state index contributed by atoms with van der Waals surface area (Å²) in [5, 5.41) is 7.84. The number of aromatic nitrogens is 3. The van der Waals surface area contributed by atoms with E-state index in [0.717, 1.165) is 22.1 Å². The molecule has 1 aromatic carbocycles. The summed E-state index contributed by atoms with van der Waals surface area (Å²) >= 11 is 1.12. The summed E-state index contributed by atoms with van der Waals surface area (Å²) in [5.74, 6) is -0.605. The number of carbonyl (C=O) groups is 1. The summed E-state index contributed by atoms with van der Waals surface area (Å²) in [6.45, 7) is 2.83. The van der Waals surface area contributed by atoms with Crippen LogP contribution in [0.5, 0.6) is 0 Å². The van der Waals surface area contributed by atoms with Crippen molar-refractivity contribution in [1.82, 2.24) is 14.8 Å². The van der Waals surface area contributed by atoms with Gasteiger partial charge < -0.3 is 5.32 Å². The maximum absolute atomic E-state index is 12.8. The molecule has 0 fully saturated rings. The van der Waals surface area contributed by atoms with Crippen LogP contribution in [0.15, 0.2) is 46.8 Å². The highest BCUT2D eigenvalue weighted by molar-refractivity contribution is 7.93. The fourth-order valence-corrected chi connectivity index (χ4v) is 4.33. The van der Waals surface area contributed by atoms with Gasteiger partial charge in [0.25, 0.3) is 10.0 Å². The van der Waals surface area contributed by atoms with E-state index in [1.54, 1.807) is 5.38 Å². The number of nitrogens with one attached hydrogen (secondary N) is 2. The number of benzene rings is 1. The molecule has 3 rings (SSSR count). The van der Waals surface area contributed by atoms with Crippen molar-refractivity contribution in [3.05, 3.63) is 53.3 Å². The molecule has 0 aliphatic heterocycles. The van der Waals surface area contributed by atoms with E-state index in [4.69, 9.17) is 0 Å². The normalized spacial score (nSPS) is 13.1. The molecule has 2 aromatic heterocycles. The molecular weight excluding hydrogens is 443 g/mol. The largest absolute Gasteiger partial charge is 0.435 e. The van der Waals surface area contributed by atoms with Gasteiger partial charge in [-0.3, -0.25) is 14.2 Å². The molecule has 1 amide bonds. The van der Waals surface area contributed by atoms with Crippen molar-refractivity contribution in [3.8, 4) is 0 Å². The standard InChI is InChI=1S/C17H16F3N5O3S2/c1-10-9-14(17(18,19)20)23-25(10)11(2)15(26)22-12-3-5-13(6-4-12)30(27,28)24-16-21-7-8-29-16/h3-9,11H,1-2H3,(H,21,24)(H,22,26). The lowest BCUT2D eigenvalue weighted by Crippen LogP contribution is -2.25. The number of aryl methyl sites for hydroxylation is 1. The monoisotopic (exact) mass is 459 g/mol. The molecule has 13 heteroatoms. The zero-order valence-electron chi connectivity index (χ0n) is 15.6. The molecule has 30 heavy (non-hydrogen) atoms. The molecule has 2 heterocycles. The number of amides is 1. The van der Waals surface area contributed by atoms with Crippen molar-refractivity contribution >= 4 is 38.1 Å². The molecule has 1 atom stereocenters. The van der Waals surface area contributed by atoms with Gasteiger partial charge in [-0.1, -0.05) is 0 Å². The van der Waals surface area contributed by atoms with Crippen LogP contribution in [0.3, 0.4) is 0 Å². The number of carbonyl (C=O) groups excluding carboxylic acids is 1. The molecule has 0 saturated heterocycles. The van der Waals surface area contributed by atoms with Crippen LogP contribution in [-0.4, -0.2) is 29.1 Å². The van der Waals surface area contributed by atoms with Crippen molar-refractivity contribution in [3.63, 3.8) is 0 Å². The highest BCUT2D eigenvalue weighted by Crippen LogP contribution is 2.29. The SMILES string of the molecule is Cc1cc(C(F)(F)F)nn1C(C)C(=O)Nc1ccc(S(=O)(=O)Nc2nccs2)cc1. The lowest BCUT2D eigenvalue weighted by atomic mass is 10.2. The minimum absolute atomic E-state index is 0.0403. The first-order valence-electron chi connectivity index (χ1n) is 8.44. The average molecular weight is 459 g/mol. The Balaban J connectivity index is 1.71. The number of sulfonamides is 1. The van der Waals surface area contributed by atoms with Gasteiger partial charge in [-0.15, -0.1) is 11.3 Å². The van der Waals surface area contributed by atoms with Crippen molar-refractivity contribution < 1.29 is 26.4 Å². The second-order valence-electron chi connectivity index (χ2n) is 6.25. The van der Waals surface area contributed by atoms with E-state index in [1.807, 2.05) is 0 Å². The highest BCUT2D eigenvalue weighted by atomic mass is 32.2. The van der Waals surface area contributed by atoms with Crippen LogP contribution in [0, 0.1) is 6.92 Å². The number of alkyl halides is 3. The molecule has 0 radical (unpaired) electrons. The van der Waals surface area contributed by atoms with Gasteiger partial charge in [-0.2, -0.15) is 18.3 Å². The molecule has 0 saturated carbocycles. The molecule has 1 unspecified atom stereocenters. The van der Waals surface area contributed by atoms with Crippen molar-refractivity contribution in [2.45, 2.75) is 31.0 Å². The van der Waals surface area contributed by atoms with E-state index in [-0.39, 0.29) is 21.4 Å². The van der Waals surface area contributed by atoms with E-state index in [2.05, 4.69) is 20.1 Å². The molecular formula is C17H16F3N5O3S2. The third kappa shape index (κ3) is 4.79. The summed E-state index contributed by atoms with van der Waals surface area (Å²) in [6.07, 6.45) is -3.15. The van der Waals surface area contributed by atoms with Gasteiger partial charge in [0, 0.05) is 23.0 Å². The van der Waals surface area contributed by atoms with E-state index in [0.29, 0.717) is 0 Å². The van der Waals surface area contributed by atoms with Crippen LogP contribution in [0.2, 0.25) is 0 Å². The second-order valence-corrected chi connectivity index (χ2v) is 8.82. The topological polar surface area (TPSA) is 106 Å². The molecule has 2 N–H and O–H groups in total. The zero-order valence-corrected chi connectivity index (χ0v) is 17.3. The van der Waals surface area contributed by atoms with Crippen LogP contribution < -0.4 is 10.0 Å². The van der Waals surface area contributed by atoms with E-state index < -0.39 is 33.8 Å². The maximum Gasteiger partial charge on any atom is 0.435 e. The van der Waals surface area contributed by atoms with Gasteiger partial charge in [-0.25, -0.2) is 13.4 Å². The van der Waals surface area contributed by atoms with Crippen molar-refractivity contribution in [2.24, 2.45) is 0 Å². The zero-order chi connectivity index (χ0) is 22.1. The smallest absolute Gasteiger partial charge is 0.324 e. The fourth-order valence-electron chi connectivity index (χ4n) is 2.54. The number of anilines is 2. The Morgan fingerprint density at radius 1 is 1.23 bits per heavy atom. The third-order valence-electron chi connectivity index (χ3n) is 4.05. The molecule has 160 valence electrons. The molecule has 8 nitrogen and oxygen atoms in total. The molecule has 0 spiro atoms. The van der Waals surface area contributed by atoms with Gasteiger partial charge in [0.15, 0.2) is 10.8 Å². The lowest BCUT2D eigenvalue weighted by molar-refractivity contribution is -0.141. The van der Waals surface area contributed by atoms with Gasteiger partial charge >= 0.3 is 6.18 Å². The number of hydrogen-bond acceptors (Lipinski definition) is 6. The number of hydrogen-bond donors (Lipinski definition) is 2. The number of rotatable bonds is 6. The number of nitrogens with zero attached hydrogens (tertiary/aromatic N) is 3. The van der Waals surface area contributed by atoms with Gasteiger partial charge in [0.2, 0.25) is 5.91 Å². The molecule has 0 aliphatic carbocycles. The summed E-state index contributed by atoms with van der Waals surface area (Å²) in [7, 11) is -3.84. The van der Waals surface area contributed by atoms with Crippen LogP contribution in [0.4, 0.5) is 24.0 Å². The van der Waals surface area contributed by atoms with E-state index in [1.165, 1.54) is 44.3 Å². The Labute approximate surface area is 173 Å². The Morgan fingerprint density at radius 2 is 1.90 bits per heavy atom. The minimum atomic E-state index is -4.61. The van der Waals surface area contributed by atoms with Crippen LogP contribution in [0.1, 0.15) is 24.4 Å². The van der Waals surface area contributed by atoms with Gasteiger partial charge in [-0.05, 0) is 44.2 Å². The van der Waals surface area contributed by atoms with Crippen molar-refractivity contribution in [2.75, 3.05) is 10.0 Å². The Bertz CT molecular complexity index is 1140. The number of halogens is 3. The Hall–Kier alpha value is -2.93. The summed E-state index contributed by atoms with van der Waals surface area (Å²) in [4.78, 5) is 16.2. The summed E-state index contributed by atoms with van der Waals surface area (Å²) in [6, 6.07) is 5.17. The van der Waals surface area contributed by atoms with Crippen LogP contribution >= 0.6 is 11.3 Å². The van der Waals surface area contributed by atoms with E-state index in [9.17, 15) is 26.4 Å². The first-order chi connectivity index (χ1) is 14.0. The van der Waals surface area contributed by atoms with Gasteiger partial charge in [0.05, 0.1) is 4.90 Å². The second kappa shape index (κ2) is 8.07. The average Bonchev–Trinajstić information content (AvgIpc) is 3.30. The predicted octanol–water partition coefficient (Wildman–Crippen LogP) is 3.67. The Morgan fingerprint density at radius 3 is 2.43 bits per heavy atom. The quantitative estimate of drug-likeness (QED) is 0.585. The predicted molar refractivity (Wildman–Crippen MR) is 105 cm³/mol. The summed E-state index contributed by atoms with van der Waals surface area (Å²) in [5.41, 5.74) is -0.623. The Kier molecular flexibility index (Phi) is 5.85. The maximum atomic E-state index is 12.8. The molecule has 3 aromatic rings. The lowest BCUT2D eigenvalue weighted by Gasteiger charge is -2.15. The first-order valence-corrected chi connectivity index (χ1v) is 10.8. The van der Waals surface area contributed by atoms with Crippen LogP contribution in [-0.2, 0) is 21.0 Å². The third-order valence-corrected chi connectivity index (χ3v) is 6.22.